The van der Waals surface area contributed by atoms with Crippen molar-refractivity contribution in [2.45, 2.75) is 6.18 Å². The average molecular weight is 996 g/mol. The first-order valence-corrected chi connectivity index (χ1v) is 25.9. The molecule has 5 heterocycles. The van der Waals surface area contributed by atoms with Crippen LogP contribution in [-0.2, 0) is 6.18 Å². The molecule has 0 saturated heterocycles. The van der Waals surface area contributed by atoms with Crippen molar-refractivity contribution in [1.29, 1.82) is 0 Å². The van der Waals surface area contributed by atoms with Crippen LogP contribution in [0.1, 0.15) is 5.56 Å². The van der Waals surface area contributed by atoms with E-state index in [1.54, 1.807) is 28.7 Å². The van der Waals surface area contributed by atoms with Crippen LogP contribution < -0.4 is 0 Å². The average Bonchev–Trinajstić information content (AvgIpc) is 4.26. The van der Waals surface area contributed by atoms with Gasteiger partial charge in [0.2, 0.25) is 0 Å². The zero-order chi connectivity index (χ0) is 49.2. The number of para-hydroxylation sites is 2. The highest BCUT2D eigenvalue weighted by Crippen LogP contribution is 2.49. The summed E-state index contributed by atoms with van der Waals surface area (Å²) in [4.78, 5) is 15.3. The van der Waals surface area contributed by atoms with E-state index in [1.165, 1.54) is 32.3 Å². The van der Waals surface area contributed by atoms with Crippen LogP contribution in [0.15, 0.2) is 218 Å². The number of thiophene rings is 2. The maximum absolute atomic E-state index is 15.4. The Morgan fingerprint density at radius 3 is 1.32 bits per heavy atom. The van der Waals surface area contributed by atoms with Crippen molar-refractivity contribution in [3.8, 4) is 56.7 Å². The molecule has 15 rings (SSSR count). The molecule has 10 aromatic carbocycles. The number of rotatable bonds is 6. The molecule has 5 aromatic heterocycles. The van der Waals surface area contributed by atoms with Crippen molar-refractivity contribution >= 4 is 107 Å². The Balaban J connectivity index is 1.07. The zero-order valence-corrected chi connectivity index (χ0v) is 40.6. The van der Waals surface area contributed by atoms with Crippen LogP contribution in [0.25, 0.3) is 141 Å². The molecule has 0 aliphatic rings. The quantitative estimate of drug-likeness (QED) is 0.167. The second kappa shape index (κ2) is 16.3. The van der Waals surface area contributed by atoms with Gasteiger partial charge < -0.3 is 9.13 Å². The summed E-state index contributed by atoms with van der Waals surface area (Å²) in [6.45, 7) is 0. The van der Waals surface area contributed by atoms with E-state index < -0.39 is 11.7 Å². The fourth-order valence-corrected chi connectivity index (χ4v) is 13.7. The van der Waals surface area contributed by atoms with Gasteiger partial charge in [-0.05, 0) is 60.7 Å². The molecule has 0 amide bonds. The summed E-state index contributed by atoms with van der Waals surface area (Å²) < 4.78 is 55.1. The Morgan fingerprint density at radius 2 is 0.797 bits per heavy atom. The summed E-state index contributed by atoms with van der Waals surface area (Å²) >= 11 is 3.50. The molecule has 0 fully saturated rings. The van der Waals surface area contributed by atoms with Gasteiger partial charge >= 0.3 is 6.18 Å². The number of hydrogen-bond donors (Lipinski definition) is 0. The minimum absolute atomic E-state index is 0.417. The first-order valence-electron chi connectivity index (χ1n) is 24.2. The Hall–Kier alpha value is -8.96. The second-order valence-corrected chi connectivity index (χ2v) is 20.7. The highest BCUT2D eigenvalue weighted by molar-refractivity contribution is 7.27. The lowest BCUT2D eigenvalue weighted by atomic mass is 9.96. The Morgan fingerprint density at radius 1 is 0.338 bits per heavy atom. The molecule has 0 bridgehead atoms. The summed E-state index contributed by atoms with van der Waals surface area (Å²) in [5, 5.41) is 8.86. The molecule has 0 aliphatic heterocycles. The van der Waals surface area contributed by atoms with Crippen molar-refractivity contribution < 1.29 is 13.2 Å². The molecule has 0 aliphatic carbocycles. The molecule has 0 atom stereocenters. The van der Waals surface area contributed by atoms with Gasteiger partial charge in [0.05, 0.1) is 39.0 Å². The van der Waals surface area contributed by atoms with E-state index in [2.05, 4.69) is 112 Å². The van der Waals surface area contributed by atoms with E-state index in [4.69, 9.17) is 15.0 Å². The molecule has 10 heteroatoms. The molecule has 0 radical (unpaired) electrons. The fraction of sp³-hybridized carbons (Fsp3) is 0.0156. The molecule has 15 aromatic rings. The number of fused-ring (bicyclic) bond motifs is 14. The summed E-state index contributed by atoms with van der Waals surface area (Å²) in [5.41, 5.74) is 7.51. The van der Waals surface area contributed by atoms with Crippen LogP contribution in [0.2, 0.25) is 0 Å². The monoisotopic (exact) mass is 995 g/mol. The van der Waals surface area contributed by atoms with Crippen LogP contribution >= 0.6 is 22.7 Å². The predicted molar refractivity (Wildman–Crippen MR) is 301 cm³/mol. The van der Waals surface area contributed by atoms with Crippen LogP contribution in [0.4, 0.5) is 13.2 Å². The predicted octanol–water partition coefficient (Wildman–Crippen LogP) is 18.5. The number of aromatic nitrogens is 5. The maximum atomic E-state index is 15.4. The number of alkyl halides is 3. The van der Waals surface area contributed by atoms with Crippen LogP contribution in [-0.4, -0.2) is 24.1 Å². The molecule has 74 heavy (non-hydrogen) atoms. The molecule has 0 N–H and O–H groups in total. The van der Waals surface area contributed by atoms with Gasteiger partial charge in [-0.15, -0.1) is 22.7 Å². The van der Waals surface area contributed by atoms with Crippen LogP contribution in [0.3, 0.4) is 0 Å². The van der Waals surface area contributed by atoms with Gasteiger partial charge in [-0.25, -0.2) is 15.0 Å². The maximum Gasteiger partial charge on any atom is 0.416 e. The van der Waals surface area contributed by atoms with Crippen molar-refractivity contribution in [2.75, 3.05) is 0 Å². The van der Waals surface area contributed by atoms with Crippen molar-refractivity contribution in [1.82, 2.24) is 24.1 Å². The normalized spacial score (nSPS) is 12.3. The van der Waals surface area contributed by atoms with Crippen molar-refractivity contribution in [2.24, 2.45) is 0 Å². The highest BCUT2D eigenvalue weighted by atomic mass is 32.1. The second-order valence-electron chi connectivity index (χ2n) is 18.6. The molecule has 0 unspecified atom stereocenters. The standard InChI is InChI=1S/C64H36F3N5S2/c65-64(66,67)40-28-32-51(71-49-23-11-7-21-46(49)57-52(71)33-30-44-42-19-9-13-25-55(42)73-59(44)57)48(36-40)41-29-27-39(63-69-61(37-15-3-1-4-16-37)68-62(70-63)38-17-5-2-6-18-38)35-54(41)72-50-24-12-8-22-47(50)58-53(72)34-31-45-43-20-10-14-26-56(43)74-60(45)58/h1-36H. The minimum Gasteiger partial charge on any atom is -0.309 e. The SMILES string of the molecule is FC(F)(F)c1ccc(-n2c3ccccc3c3c4sc5ccccc5c4ccc32)c(-c2ccc(-c3nc(-c4ccccc4)nc(-c4ccccc4)n3)cc2-n2c3ccccc3c3c4sc5ccccc5c4ccc32)c1. The summed E-state index contributed by atoms with van der Waals surface area (Å²) in [6.07, 6.45) is -4.64. The van der Waals surface area contributed by atoms with E-state index >= 15 is 13.2 Å². The molecular formula is C64H36F3N5S2. The van der Waals surface area contributed by atoms with Gasteiger partial charge in [0.15, 0.2) is 17.5 Å². The van der Waals surface area contributed by atoms with Crippen LogP contribution in [0, 0.1) is 0 Å². The first kappa shape index (κ1) is 42.7. The number of hydrogen-bond acceptors (Lipinski definition) is 5. The first-order chi connectivity index (χ1) is 36.3. The van der Waals surface area contributed by atoms with E-state index in [0.29, 0.717) is 45.5 Å². The third-order valence-electron chi connectivity index (χ3n) is 14.4. The summed E-state index contributed by atoms with van der Waals surface area (Å²) in [7, 11) is 0. The number of halogens is 3. The van der Waals surface area contributed by atoms with Crippen molar-refractivity contribution in [3.63, 3.8) is 0 Å². The molecular weight excluding hydrogens is 960 g/mol. The van der Waals surface area contributed by atoms with Gasteiger partial charge in [-0.2, -0.15) is 13.2 Å². The summed E-state index contributed by atoms with van der Waals surface area (Å²) in [5.74, 6) is 1.43. The van der Waals surface area contributed by atoms with Gasteiger partial charge in [0.1, 0.15) is 0 Å². The fourth-order valence-electron chi connectivity index (χ4n) is 11.1. The Kier molecular flexibility index (Phi) is 9.39. The Labute approximate surface area is 428 Å². The molecule has 0 spiro atoms. The lowest BCUT2D eigenvalue weighted by Gasteiger charge is -2.21. The summed E-state index contributed by atoms with van der Waals surface area (Å²) in [6, 6.07) is 71.8. The molecule has 0 saturated carbocycles. The Bertz CT molecular complexity index is 4720. The smallest absolute Gasteiger partial charge is 0.309 e. The highest BCUT2D eigenvalue weighted by Gasteiger charge is 2.33. The molecule has 5 nitrogen and oxygen atoms in total. The van der Waals surface area contributed by atoms with Gasteiger partial charge in [0.25, 0.3) is 0 Å². The number of nitrogens with zero attached hydrogens (tertiary/aromatic N) is 5. The third-order valence-corrected chi connectivity index (χ3v) is 16.8. The van der Waals surface area contributed by atoms with E-state index in [0.717, 1.165) is 74.9 Å². The topological polar surface area (TPSA) is 48.5 Å². The number of benzene rings is 10. The van der Waals surface area contributed by atoms with E-state index in [-0.39, 0.29) is 0 Å². The largest absolute Gasteiger partial charge is 0.416 e. The van der Waals surface area contributed by atoms with E-state index in [1.807, 2.05) is 97.1 Å². The van der Waals surface area contributed by atoms with Crippen LogP contribution in [0.5, 0.6) is 0 Å². The third kappa shape index (κ3) is 6.51. The van der Waals surface area contributed by atoms with Crippen molar-refractivity contribution in [3.05, 3.63) is 224 Å². The van der Waals surface area contributed by atoms with Gasteiger partial charge in [-0.3, -0.25) is 0 Å². The van der Waals surface area contributed by atoms with Gasteiger partial charge in [0, 0.05) is 89.7 Å². The molecule has 350 valence electrons. The zero-order valence-electron chi connectivity index (χ0n) is 39.0. The minimum atomic E-state index is -4.64. The lowest BCUT2D eigenvalue weighted by molar-refractivity contribution is -0.137. The lowest BCUT2D eigenvalue weighted by Crippen LogP contribution is -2.08. The van der Waals surface area contributed by atoms with Gasteiger partial charge in [-0.1, -0.05) is 158 Å². The van der Waals surface area contributed by atoms with E-state index in [9.17, 15) is 0 Å².